The minimum atomic E-state index is -0.286. The van der Waals surface area contributed by atoms with Gasteiger partial charge in [0.05, 0.1) is 13.0 Å². The zero-order chi connectivity index (χ0) is 17.4. The summed E-state index contributed by atoms with van der Waals surface area (Å²) in [6.07, 6.45) is 0.223. The van der Waals surface area contributed by atoms with E-state index >= 15 is 0 Å². The zero-order valence-corrected chi connectivity index (χ0v) is 13.6. The monoisotopic (exact) mass is 327 g/mol. The molecule has 0 aliphatic rings. The molecule has 0 radical (unpaired) electrons. The summed E-state index contributed by atoms with van der Waals surface area (Å²) in [4.78, 5) is 34.3. The Morgan fingerprint density at radius 3 is 2.33 bits per heavy atom. The zero-order valence-electron chi connectivity index (χ0n) is 13.6. The molecule has 0 spiro atoms. The third kappa shape index (κ3) is 5.39. The molecule has 0 saturated carbocycles. The normalized spacial score (nSPS) is 10.2. The van der Waals surface area contributed by atoms with E-state index in [-0.39, 0.29) is 30.7 Å². The van der Waals surface area contributed by atoms with Crippen molar-refractivity contribution in [3.8, 4) is 0 Å². The van der Waals surface area contributed by atoms with Crippen LogP contribution in [0.15, 0.2) is 42.5 Å². The van der Waals surface area contributed by atoms with Gasteiger partial charge in [0, 0.05) is 20.0 Å². The number of carbonyl (C=O) groups is 3. The summed E-state index contributed by atoms with van der Waals surface area (Å²) in [5.74, 6) is -0.636. The Morgan fingerprint density at radius 1 is 0.833 bits per heavy atom. The van der Waals surface area contributed by atoms with Crippen LogP contribution in [0.4, 0.5) is 0 Å². The Morgan fingerprint density at radius 2 is 1.54 bits per heavy atom. The van der Waals surface area contributed by atoms with E-state index in [0.717, 1.165) is 16.3 Å². The Labute approximate surface area is 140 Å². The lowest BCUT2D eigenvalue weighted by molar-refractivity contribution is -0.125. The summed E-state index contributed by atoms with van der Waals surface area (Å²) in [7, 11) is 0. The predicted octanol–water partition coefficient (Wildman–Crippen LogP) is 0.751. The van der Waals surface area contributed by atoms with Crippen LogP contribution in [0, 0.1) is 0 Å². The molecule has 0 aliphatic heterocycles. The molecule has 126 valence electrons. The molecule has 2 aromatic rings. The van der Waals surface area contributed by atoms with E-state index < -0.39 is 0 Å². The topological polar surface area (TPSA) is 87.3 Å². The van der Waals surface area contributed by atoms with Crippen molar-refractivity contribution in [2.45, 2.75) is 13.3 Å². The molecule has 0 heterocycles. The molecule has 0 aromatic heterocycles. The lowest BCUT2D eigenvalue weighted by Crippen LogP contribution is -2.40. The minimum Gasteiger partial charge on any atom is -0.355 e. The molecule has 6 heteroatoms. The SMILES string of the molecule is CC(=O)NCCNC(=O)CNC(=O)Cc1cccc2ccccc12. The lowest BCUT2D eigenvalue weighted by atomic mass is 10.0. The highest BCUT2D eigenvalue weighted by atomic mass is 16.2. The number of hydrogen-bond acceptors (Lipinski definition) is 3. The van der Waals surface area contributed by atoms with E-state index in [1.807, 2.05) is 42.5 Å². The van der Waals surface area contributed by atoms with Crippen LogP contribution < -0.4 is 16.0 Å². The first-order valence-electron chi connectivity index (χ1n) is 7.81. The molecule has 3 N–H and O–H groups in total. The quantitative estimate of drug-likeness (QED) is 0.656. The average molecular weight is 327 g/mol. The standard InChI is InChI=1S/C18H21N3O3/c1-13(22)19-9-10-20-18(24)12-21-17(23)11-15-7-4-6-14-5-2-3-8-16(14)15/h2-8H,9-12H2,1H3,(H,19,22)(H,20,24)(H,21,23). The van der Waals surface area contributed by atoms with Crippen LogP contribution in [0.1, 0.15) is 12.5 Å². The summed E-state index contributed by atoms with van der Waals surface area (Å²) in [5.41, 5.74) is 0.927. The third-order valence-corrected chi connectivity index (χ3v) is 3.50. The molecule has 0 aliphatic carbocycles. The van der Waals surface area contributed by atoms with Crippen LogP contribution in [-0.4, -0.2) is 37.4 Å². The fourth-order valence-electron chi connectivity index (χ4n) is 2.36. The molecule has 3 amide bonds. The molecular weight excluding hydrogens is 306 g/mol. The molecule has 0 bridgehead atoms. The molecule has 0 saturated heterocycles. The maximum absolute atomic E-state index is 12.0. The van der Waals surface area contributed by atoms with E-state index in [9.17, 15) is 14.4 Å². The Kier molecular flexibility index (Phi) is 6.31. The van der Waals surface area contributed by atoms with E-state index in [2.05, 4.69) is 16.0 Å². The molecule has 24 heavy (non-hydrogen) atoms. The van der Waals surface area contributed by atoms with Crippen molar-refractivity contribution in [2.75, 3.05) is 19.6 Å². The Balaban J connectivity index is 1.78. The maximum Gasteiger partial charge on any atom is 0.239 e. The number of carbonyl (C=O) groups excluding carboxylic acids is 3. The van der Waals surface area contributed by atoms with Crippen molar-refractivity contribution in [2.24, 2.45) is 0 Å². The van der Waals surface area contributed by atoms with Gasteiger partial charge in [0.25, 0.3) is 0 Å². The minimum absolute atomic E-state index is 0.0797. The summed E-state index contributed by atoms with van der Waals surface area (Å²) in [6.45, 7) is 2.03. The van der Waals surface area contributed by atoms with Crippen molar-refractivity contribution < 1.29 is 14.4 Å². The van der Waals surface area contributed by atoms with Gasteiger partial charge in [-0.2, -0.15) is 0 Å². The van der Waals surface area contributed by atoms with Gasteiger partial charge in [0.1, 0.15) is 0 Å². The van der Waals surface area contributed by atoms with Gasteiger partial charge in [-0.1, -0.05) is 42.5 Å². The van der Waals surface area contributed by atoms with Gasteiger partial charge in [-0.15, -0.1) is 0 Å². The van der Waals surface area contributed by atoms with Crippen LogP contribution >= 0.6 is 0 Å². The van der Waals surface area contributed by atoms with Crippen molar-refractivity contribution in [3.05, 3.63) is 48.0 Å². The van der Waals surface area contributed by atoms with Crippen LogP contribution in [-0.2, 0) is 20.8 Å². The maximum atomic E-state index is 12.0. The van der Waals surface area contributed by atoms with E-state index in [4.69, 9.17) is 0 Å². The van der Waals surface area contributed by atoms with Crippen LogP contribution in [0.2, 0.25) is 0 Å². The summed E-state index contributed by atoms with van der Waals surface area (Å²) < 4.78 is 0. The molecular formula is C18H21N3O3. The highest BCUT2D eigenvalue weighted by Gasteiger charge is 2.08. The van der Waals surface area contributed by atoms with Crippen molar-refractivity contribution in [3.63, 3.8) is 0 Å². The van der Waals surface area contributed by atoms with Gasteiger partial charge in [-0.3, -0.25) is 14.4 Å². The van der Waals surface area contributed by atoms with Crippen molar-refractivity contribution in [1.82, 2.24) is 16.0 Å². The first kappa shape index (κ1) is 17.5. The number of rotatable bonds is 7. The number of fused-ring (bicyclic) bond motifs is 1. The van der Waals surface area contributed by atoms with Gasteiger partial charge in [-0.25, -0.2) is 0 Å². The smallest absolute Gasteiger partial charge is 0.239 e. The molecule has 0 atom stereocenters. The van der Waals surface area contributed by atoms with Gasteiger partial charge < -0.3 is 16.0 Å². The second-order valence-corrected chi connectivity index (χ2v) is 5.42. The number of amides is 3. The molecule has 0 unspecified atom stereocenters. The Bertz CT molecular complexity index is 738. The first-order chi connectivity index (χ1) is 11.6. The average Bonchev–Trinajstić information content (AvgIpc) is 2.57. The molecule has 2 aromatic carbocycles. The van der Waals surface area contributed by atoms with E-state index in [1.54, 1.807) is 0 Å². The van der Waals surface area contributed by atoms with Crippen LogP contribution in [0.3, 0.4) is 0 Å². The number of benzene rings is 2. The molecule has 0 fully saturated rings. The summed E-state index contributed by atoms with van der Waals surface area (Å²) in [6, 6.07) is 13.7. The van der Waals surface area contributed by atoms with E-state index in [1.165, 1.54) is 6.92 Å². The predicted molar refractivity (Wildman–Crippen MR) is 92.4 cm³/mol. The second kappa shape index (κ2) is 8.67. The molecule has 2 rings (SSSR count). The second-order valence-electron chi connectivity index (χ2n) is 5.42. The van der Waals surface area contributed by atoms with Gasteiger partial charge >= 0.3 is 0 Å². The number of nitrogens with one attached hydrogen (secondary N) is 3. The molecule has 6 nitrogen and oxygen atoms in total. The van der Waals surface area contributed by atoms with Crippen LogP contribution in [0.5, 0.6) is 0 Å². The number of hydrogen-bond donors (Lipinski definition) is 3. The van der Waals surface area contributed by atoms with Gasteiger partial charge in [-0.05, 0) is 16.3 Å². The van der Waals surface area contributed by atoms with Gasteiger partial charge in [0.15, 0.2) is 0 Å². The van der Waals surface area contributed by atoms with Crippen molar-refractivity contribution in [1.29, 1.82) is 0 Å². The lowest BCUT2D eigenvalue weighted by Gasteiger charge is -2.09. The van der Waals surface area contributed by atoms with Gasteiger partial charge in [0.2, 0.25) is 17.7 Å². The fraction of sp³-hybridized carbons (Fsp3) is 0.278. The van der Waals surface area contributed by atoms with Crippen molar-refractivity contribution >= 4 is 28.5 Å². The van der Waals surface area contributed by atoms with Crippen LogP contribution in [0.25, 0.3) is 10.8 Å². The Hall–Kier alpha value is -2.89. The largest absolute Gasteiger partial charge is 0.355 e. The summed E-state index contributed by atoms with van der Waals surface area (Å²) >= 11 is 0. The third-order valence-electron chi connectivity index (χ3n) is 3.50. The highest BCUT2D eigenvalue weighted by molar-refractivity contribution is 5.91. The highest BCUT2D eigenvalue weighted by Crippen LogP contribution is 2.18. The van der Waals surface area contributed by atoms with E-state index in [0.29, 0.717) is 13.1 Å². The first-order valence-corrected chi connectivity index (χ1v) is 7.81. The fourth-order valence-corrected chi connectivity index (χ4v) is 2.36. The summed E-state index contributed by atoms with van der Waals surface area (Å²) in [5, 5.41) is 9.92.